The number of hydrogen-bond acceptors (Lipinski definition) is 3. The van der Waals surface area contributed by atoms with Crippen LogP contribution in [-0.2, 0) is 4.79 Å². The van der Waals surface area contributed by atoms with Crippen molar-refractivity contribution in [3.63, 3.8) is 0 Å². The SMILES string of the molecule is O=CC1=C([N+](=O)[O-])C=CC(Cl)=C=C1. The lowest BCUT2D eigenvalue weighted by atomic mass is 10.2. The van der Waals surface area contributed by atoms with E-state index in [2.05, 4.69) is 5.73 Å². The third-order valence-corrected chi connectivity index (χ3v) is 1.61. The molecule has 0 unspecified atom stereocenters. The van der Waals surface area contributed by atoms with E-state index >= 15 is 0 Å². The number of carbonyl (C=O) groups excluding carboxylic acids is 1. The van der Waals surface area contributed by atoms with Crippen molar-refractivity contribution in [3.05, 3.63) is 50.4 Å². The molecular weight excluding hydrogens is 194 g/mol. The van der Waals surface area contributed by atoms with E-state index in [1.165, 1.54) is 18.2 Å². The highest BCUT2D eigenvalue weighted by Gasteiger charge is 2.13. The van der Waals surface area contributed by atoms with Crippen molar-refractivity contribution < 1.29 is 9.72 Å². The van der Waals surface area contributed by atoms with Gasteiger partial charge >= 0.3 is 0 Å². The molecule has 0 atom stereocenters. The number of rotatable bonds is 2. The fraction of sp³-hybridized carbons (Fsp3) is 0. The van der Waals surface area contributed by atoms with Crippen LogP contribution in [0, 0.1) is 10.1 Å². The van der Waals surface area contributed by atoms with Crippen LogP contribution >= 0.6 is 11.6 Å². The van der Waals surface area contributed by atoms with Gasteiger partial charge in [-0.05, 0) is 12.2 Å². The van der Waals surface area contributed by atoms with Gasteiger partial charge in [0.15, 0.2) is 6.29 Å². The monoisotopic (exact) mass is 197 g/mol. The summed E-state index contributed by atoms with van der Waals surface area (Å²) in [7, 11) is 0. The fourth-order valence-electron chi connectivity index (χ4n) is 0.778. The van der Waals surface area contributed by atoms with Crippen LogP contribution in [0.3, 0.4) is 0 Å². The first kappa shape index (κ1) is 9.45. The zero-order valence-electron chi connectivity index (χ0n) is 6.36. The second-order valence-corrected chi connectivity index (χ2v) is 2.59. The number of nitrogens with zero attached hydrogens (tertiary/aromatic N) is 1. The first-order chi connectivity index (χ1) is 6.15. The predicted molar refractivity (Wildman–Crippen MR) is 46.7 cm³/mol. The summed E-state index contributed by atoms with van der Waals surface area (Å²) in [5, 5.41) is 10.6. The number of aldehydes is 1. The molecule has 0 aromatic heterocycles. The molecule has 0 aromatic carbocycles. The minimum absolute atomic E-state index is 0.0445. The number of allylic oxidation sites excluding steroid dienone is 4. The van der Waals surface area contributed by atoms with Gasteiger partial charge in [-0.1, -0.05) is 17.3 Å². The van der Waals surface area contributed by atoms with Gasteiger partial charge in [-0.2, -0.15) is 0 Å². The minimum atomic E-state index is -0.645. The summed E-state index contributed by atoms with van der Waals surface area (Å²) in [6.07, 6.45) is 4.06. The van der Waals surface area contributed by atoms with E-state index in [1.807, 2.05) is 0 Å². The summed E-state index contributed by atoms with van der Waals surface area (Å²) in [4.78, 5) is 20.2. The highest BCUT2D eigenvalue weighted by atomic mass is 35.5. The lowest BCUT2D eigenvalue weighted by molar-refractivity contribution is -0.419. The number of carbonyl (C=O) groups is 1. The highest BCUT2D eigenvalue weighted by molar-refractivity contribution is 6.31. The van der Waals surface area contributed by atoms with Gasteiger partial charge in [0.05, 0.1) is 15.5 Å². The van der Waals surface area contributed by atoms with Crippen LogP contribution in [-0.4, -0.2) is 11.2 Å². The summed E-state index contributed by atoms with van der Waals surface area (Å²) in [5.74, 6) is 0. The summed E-state index contributed by atoms with van der Waals surface area (Å²) in [6, 6.07) is 0. The first-order valence-corrected chi connectivity index (χ1v) is 3.67. The Morgan fingerprint density at radius 1 is 1.54 bits per heavy atom. The zero-order chi connectivity index (χ0) is 9.84. The van der Waals surface area contributed by atoms with Crippen LogP contribution in [0.5, 0.6) is 0 Å². The molecule has 0 aromatic rings. The molecule has 0 heterocycles. The van der Waals surface area contributed by atoms with E-state index in [0.717, 1.165) is 0 Å². The van der Waals surface area contributed by atoms with Crippen molar-refractivity contribution >= 4 is 17.9 Å². The maximum Gasteiger partial charge on any atom is 0.280 e. The van der Waals surface area contributed by atoms with Crippen LogP contribution in [0.2, 0.25) is 0 Å². The van der Waals surface area contributed by atoms with Crippen molar-refractivity contribution in [2.24, 2.45) is 0 Å². The Hall–Kier alpha value is -1.64. The van der Waals surface area contributed by atoms with Gasteiger partial charge in [0.1, 0.15) is 0 Å². The molecule has 0 amide bonds. The fourth-order valence-corrected chi connectivity index (χ4v) is 0.895. The highest BCUT2D eigenvalue weighted by Crippen LogP contribution is 2.13. The van der Waals surface area contributed by atoms with Crippen LogP contribution in [0.25, 0.3) is 0 Å². The Bertz CT molecular complexity index is 386. The van der Waals surface area contributed by atoms with Crippen LogP contribution in [0.4, 0.5) is 0 Å². The average Bonchev–Trinajstić information content (AvgIpc) is 2.26. The molecule has 0 aliphatic heterocycles. The van der Waals surface area contributed by atoms with E-state index in [0.29, 0.717) is 6.29 Å². The largest absolute Gasteiger partial charge is 0.298 e. The molecule has 0 bridgehead atoms. The van der Waals surface area contributed by atoms with Crippen molar-refractivity contribution in [2.45, 2.75) is 0 Å². The summed E-state index contributed by atoms with van der Waals surface area (Å²) in [6.45, 7) is 0. The topological polar surface area (TPSA) is 60.2 Å². The second-order valence-electron chi connectivity index (χ2n) is 2.19. The van der Waals surface area contributed by atoms with Gasteiger partial charge in [0.25, 0.3) is 5.70 Å². The molecule has 1 aliphatic carbocycles. The Morgan fingerprint density at radius 3 is 2.77 bits per heavy atom. The minimum Gasteiger partial charge on any atom is -0.298 e. The molecule has 4 nitrogen and oxygen atoms in total. The van der Waals surface area contributed by atoms with Crippen molar-refractivity contribution in [3.8, 4) is 0 Å². The van der Waals surface area contributed by atoms with Crippen molar-refractivity contribution in [1.29, 1.82) is 0 Å². The molecule has 1 aliphatic rings. The van der Waals surface area contributed by atoms with Gasteiger partial charge in [-0.15, -0.1) is 0 Å². The van der Waals surface area contributed by atoms with E-state index in [9.17, 15) is 14.9 Å². The number of nitro groups is 1. The van der Waals surface area contributed by atoms with Gasteiger partial charge in [0.2, 0.25) is 0 Å². The zero-order valence-corrected chi connectivity index (χ0v) is 7.12. The van der Waals surface area contributed by atoms with Gasteiger partial charge in [0, 0.05) is 6.08 Å². The van der Waals surface area contributed by atoms with Gasteiger partial charge < -0.3 is 0 Å². The first-order valence-electron chi connectivity index (χ1n) is 3.29. The van der Waals surface area contributed by atoms with Crippen LogP contribution in [0.1, 0.15) is 0 Å². The van der Waals surface area contributed by atoms with E-state index < -0.39 is 4.92 Å². The van der Waals surface area contributed by atoms with E-state index in [1.54, 1.807) is 0 Å². The molecule has 66 valence electrons. The number of hydrogen-bond donors (Lipinski definition) is 0. The third-order valence-electron chi connectivity index (χ3n) is 1.37. The Kier molecular flexibility index (Phi) is 2.80. The molecule has 1 rings (SSSR count). The van der Waals surface area contributed by atoms with E-state index in [4.69, 9.17) is 11.6 Å². The molecule has 0 N–H and O–H groups in total. The van der Waals surface area contributed by atoms with Crippen molar-refractivity contribution in [1.82, 2.24) is 0 Å². The van der Waals surface area contributed by atoms with Crippen molar-refractivity contribution in [2.75, 3.05) is 0 Å². The van der Waals surface area contributed by atoms with Gasteiger partial charge in [-0.25, -0.2) is 0 Å². The van der Waals surface area contributed by atoms with Gasteiger partial charge in [-0.3, -0.25) is 14.9 Å². The second kappa shape index (κ2) is 3.85. The molecule has 0 saturated carbocycles. The number of halogens is 1. The Labute approximate surface area is 78.6 Å². The Balaban J connectivity index is 3.27. The summed E-state index contributed by atoms with van der Waals surface area (Å²) >= 11 is 5.54. The lowest BCUT2D eigenvalue weighted by Crippen LogP contribution is -1.99. The van der Waals surface area contributed by atoms with E-state index in [-0.39, 0.29) is 16.3 Å². The molecule has 0 spiro atoms. The third kappa shape index (κ3) is 2.15. The van der Waals surface area contributed by atoms with Crippen LogP contribution in [0.15, 0.2) is 40.3 Å². The maximum atomic E-state index is 10.4. The smallest absolute Gasteiger partial charge is 0.280 e. The maximum absolute atomic E-state index is 10.4. The molecule has 13 heavy (non-hydrogen) atoms. The average molecular weight is 198 g/mol. The molecule has 0 radical (unpaired) electrons. The summed E-state index contributed by atoms with van der Waals surface area (Å²) in [5.41, 5.74) is 2.18. The quantitative estimate of drug-likeness (QED) is 0.292. The van der Waals surface area contributed by atoms with Crippen LogP contribution < -0.4 is 0 Å². The predicted octanol–water partition coefficient (Wildman–Crippen LogP) is 1.56. The molecule has 0 saturated heterocycles. The normalized spacial score (nSPS) is 15.3. The standard InChI is InChI=1S/C8H4ClNO3/c9-7-2-1-6(5-11)8(4-3-7)10(12)13/h1,3-5H. The lowest BCUT2D eigenvalue weighted by Gasteiger charge is -1.90. The molecule has 5 heteroatoms. The molecule has 0 fully saturated rings. The Morgan fingerprint density at radius 2 is 2.23 bits per heavy atom. The molecular formula is C8H4ClNO3. The summed E-state index contributed by atoms with van der Waals surface area (Å²) < 4.78 is 0.